The van der Waals surface area contributed by atoms with Gasteiger partial charge in [0.25, 0.3) is 0 Å². The van der Waals surface area contributed by atoms with Gasteiger partial charge in [-0.05, 0) is 41.2 Å². The van der Waals surface area contributed by atoms with Crippen molar-refractivity contribution in [2.75, 3.05) is 0 Å². The van der Waals surface area contributed by atoms with Gasteiger partial charge in [-0.1, -0.05) is 54.6 Å². The molecule has 0 amide bonds. The Hall–Kier alpha value is -5.53. The molecule has 6 rings (SSSR count). The van der Waals surface area contributed by atoms with Gasteiger partial charge in [0, 0.05) is 16.5 Å². The van der Waals surface area contributed by atoms with Crippen LogP contribution in [0, 0.1) is 11.3 Å². The van der Waals surface area contributed by atoms with Crippen molar-refractivity contribution in [3.63, 3.8) is 0 Å². The normalized spacial score (nSPS) is 11.3. The number of imidazole rings is 1. The fraction of sp³-hybridized carbons (Fsp3) is 0. The summed E-state index contributed by atoms with van der Waals surface area (Å²) < 4.78 is 3.95. The lowest BCUT2D eigenvalue weighted by Gasteiger charge is -2.10. The van der Waals surface area contributed by atoms with Crippen LogP contribution in [-0.2, 0) is 0 Å². The molecule has 0 bridgehead atoms. The summed E-state index contributed by atoms with van der Waals surface area (Å²) in [5, 5.41) is 30.1. The first-order valence-corrected chi connectivity index (χ1v) is 12.5. The van der Waals surface area contributed by atoms with E-state index in [0.29, 0.717) is 32.9 Å². The van der Waals surface area contributed by atoms with Gasteiger partial charge in [0.15, 0.2) is 22.4 Å². The number of H-pyrrole nitrogens is 1. The number of azo groups is 1. The number of nitrogens with zero attached hydrogens (tertiary/aromatic N) is 5. The maximum absolute atomic E-state index is 13.6. The van der Waals surface area contributed by atoms with Crippen molar-refractivity contribution < 1.29 is 14.7 Å². The number of nitrogens with one attached hydrogen (secondary N) is 1. The van der Waals surface area contributed by atoms with E-state index < -0.39 is 11.5 Å². The summed E-state index contributed by atoms with van der Waals surface area (Å²) in [5.41, 5.74) is 2.38. The Morgan fingerprint density at radius 3 is 2.51 bits per heavy atom. The molecule has 10 heteroatoms. The third kappa shape index (κ3) is 4.33. The summed E-state index contributed by atoms with van der Waals surface area (Å²) in [5.74, 6) is -1.11. The number of fused-ring (bicyclic) bond motifs is 2. The Labute approximate surface area is 224 Å². The molecule has 0 saturated heterocycles. The number of carbonyl (C=O) groups excluding carboxylic acids is 2. The third-order valence-corrected chi connectivity index (χ3v) is 6.83. The number of phenols is 1. The lowest BCUT2D eigenvalue weighted by molar-refractivity contribution is 0.102. The lowest BCUT2D eigenvalue weighted by Crippen LogP contribution is -2.05. The minimum atomic E-state index is -0.558. The largest absolute Gasteiger partial charge is 0.505 e. The molecule has 9 nitrogen and oxygen atoms in total. The third-order valence-electron chi connectivity index (χ3n) is 6.15. The molecule has 4 aromatic carbocycles. The lowest BCUT2D eigenvalue weighted by atomic mass is 9.96. The molecule has 0 aliphatic rings. The summed E-state index contributed by atoms with van der Waals surface area (Å²) in [6.45, 7) is 0. The summed E-state index contributed by atoms with van der Waals surface area (Å²) in [4.78, 5) is 34.0. The zero-order valence-electron chi connectivity index (χ0n) is 20.0. The number of carbonyl (C=O) groups is 2. The fourth-order valence-corrected chi connectivity index (χ4v) is 4.75. The number of phenolic OH excluding ortho intramolecular Hbond substituents is 1. The number of para-hydroxylation sites is 2. The average Bonchev–Trinajstić information content (AvgIpc) is 3.62. The summed E-state index contributed by atoms with van der Waals surface area (Å²) >= 11 is 0.977. The van der Waals surface area contributed by atoms with Crippen molar-refractivity contribution in [1.82, 2.24) is 14.3 Å². The van der Waals surface area contributed by atoms with Crippen LogP contribution in [0.15, 0.2) is 95.3 Å². The molecule has 2 aromatic heterocycles. The number of nitriles is 1. The van der Waals surface area contributed by atoms with Gasteiger partial charge in [-0.25, -0.2) is 4.98 Å². The van der Waals surface area contributed by atoms with Gasteiger partial charge in [-0.15, -0.1) is 10.2 Å². The highest BCUT2D eigenvalue weighted by atomic mass is 32.1. The Kier molecular flexibility index (Phi) is 5.95. The molecule has 0 unspecified atom stereocenters. The zero-order chi connectivity index (χ0) is 26.9. The predicted octanol–water partition coefficient (Wildman–Crippen LogP) is 6.63. The van der Waals surface area contributed by atoms with Crippen LogP contribution in [0.3, 0.4) is 0 Å². The predicted molar refractivity (Wildman–Crippen MR) is 146 cm³/mol. The Morgan fingerprint density at radius 2 is 1.72 bits per heavy atom. The summed E-state index contributed by atoms with van der Waals surface area (Å²) in [7, 11) is 0. The molecular formula is C29H16N6O3S. The molecule has 2 heterocycles. The highest BCUT2D eigenvalue weighted by Crippen LogP contribution is 2.41. The number of rotatable bonds is 6. The van der Waals surface area contributed by atoms with E-state index in [1.165, 1.54) is 12.3 Å². The molecule has 0 saturated carbocycles. The summed E-state index contributed by atoms with van der Waals surface area (Å²) in [6.07, 6.45) is 1.37. The molecule has 186 valence electrons. The van der Waals surface area contributed by atoms with Gasteiger partial charge in [0.05, 0.1) is 22.8 Å². The van der Waals surface area contributed by atoms with Crippen LogP contribution >= 0.6 is 11.5 Å². The van der Waals surface area contributed by atoms with Crippen LogP contribution in [0.1, 0.15) is 37.7 Å². The average molecular weight is 529 g/mol. The van der Waals surface area contributed by atoms with Crippen LogP contribution in [0.25, 0.3) is 21.8 Å². The van der Waals surface area contributed by atoms with Gasteiger partial charge < -0.3 is 10.1 Å². The Bertz CT molecular complexity index is 1950. The minimum Gasteiger partial charge on any atom is -0.505 e. The van der Waals surface area contributed by atoms with E-state index in [1.807, 2.05) is 24.3 Å². The highest BCUT2D eigenvalue weighted by Gasteiger charge is 2.23. The Balaban J connectivity index is 1.52. The second-order valence-corrected chi connectivity index (χ2v) is 9.32. The standard InChI is InChI=1S/C29H16N6O3S/c30-14-19-15-31-39-29(19)35-34-24-20-11-10-17(25(36)16-6-2-1-3-7-16)12-18(20)13-21(26(24)37)27(38)28-32-22-8-4-5-9-23(22)33-28/h1-13,15,37H,(H,32,33)/b35-34+. The van der Waals surface area contributed by atoms with Crippen LogP contribution in [0.5, 0.6) is 5.75 Å². The van der Waals surface area contributed by atoms with E-state index in [9.17, 15) is 20.0 Å². The number of aromatic amines is 1. The van der Waals surface area contributed by atoms with E-state index in [1.54, 1.807) is 54.6 Å². The van der Waals surface area contributed by atoms with Gasteiger partial charge in [-0.3, -0.25) is 9.59 Å². The van der Waals surface area contributed by atoms with Crippen molar-refractivity contribution in [2.45, 2.75) is 0 Å². The number of ketones is 2. The zero-order valence-corrected chi connectivity index (χ0v) is 20.8. The molecule has 0 spiro atoms. The van der Waals surface area contributed by atoms with E-state index in [-0.39, 0.29) is 33.4 Å². The number of aromatic nitrogens is 3. The number of aromatic hydroxyl groups is 1. The van der Waals surface area contributed by atoms with Crippen molar-refractivity contribution >= 4 is 55.6 Å². The fourth-order valence-electron chi connectivity index (χ4n) is 4.21. The van der Waals surface area contributed by atoms with Crippen LogP contribution in [0.2, 0.25) is 0 Å². The maximum atomic E-state index is 13.6. The molecule has 0 fully saturated rings. The summed E-state index contributed by atoms with van der Waals surface area (Å²) in [6, 6.07) is 24.4. The van der Waals surface area contributed by atoms with E-state index in [4.69, 9.17) is 0 Å². The quantitative estimate of drug-likeness (QED) is 0.183. The molecule has 0 aliphatic heterocycles. The van der Waals surface area contributed by atoms with Gasteiger partial charge >= 0.3 is 0 Å². The first-order valence-electron chi connectivity index (χ1n) is 11.7. The molecule has 2 N–H and O–H groups in total. The van der Waals surface area contributed by atoms with E-state index in [2.05, 4.69) is 24.6 Å². The molecular weight excluding hydrogens is 512 g/mol. The van der Waals surface area contributed by atoms with Crippen LogP contribution in [-0.4, -0.2) is 31.0 Å². The van der Waals surface area contributed by atoms with Crippen molar-refractivity contribution in [2.24, 2.45) is 10.2 Å². The first kappa shape index (κ1) is 23.8. The first-order chi connectivity index (χ1) is 19.0. The minimum absolute atomic E-state index is 0.0166. The van der Waals surface area contributed by atoms with Crippen LogP contribution < -0.4 is 0 Å². The van der Waals surface area contributed by atoms with E-state index in [0.717, 1.165) is 11.5 Å². The van der Waals surface area contributed by atoms with Gasteiger partial charge in [-0.2, -0.15) is 9.64 Å². The van der Waals surface area contributed by atoms with Crippen LogP contribution in [0.4, 0.5) is 10.7 Å². The van der Waals surface area contributed by atoms with Gasteiger partial charge in [0.1, 0.15) is 17.3 Å². The van der Waals surface area contributed by atoms with Crippen molar-refractivity contribution in [3.05, 3.63) is 113 Å². The SMILES string of the molecule is N#Cc1cnsc1/N=N/c1c(O)c(C(=O)c2nc3ccccc3[nH]2)cc2cc(C(=O)c3ccccc3)ccc12. The molecule has 0 aliphatic carbocycles. The van der Waals surface area contributed by atoms with E-state index >= 15 is 0 Å². The smallest absolute Gasteiger partial charge is 0.232 e. The number of benzene rings is 4. The monoisotopic (exact) mass is 528 g/mol. The van der Waals surface area contributed by atoms with Crippen molar-refractivity contribution in [3.8, 4) is 11.8 Å². The molecule has 6 aromatic rings. The van der Waals surface area contributed by atoms with Gasteiger partial charge in [0.2, 0.25) is 5.78 Å². The van der Waals surface area contributed by atoms with Crippen molar-refractivity contribution in [1.29, 1.82) is 5.26 Å². The maximum Gasteiger partial charge on any atom is 0.232 e. The number of hydrogen-bond donors (Lipinski definition) is 2. The molecule has 39 heavy (non-hydrogen) atoms. The second-order valence-electron chi connectivity index (χ2n) is 8.54. The molecule has 0 radical (unpaired) electrons. The molecule has 0 atom stereocenters. The Morgan fingerprint density at radius 1 is 0.923 bits per heavy atom. The topological polar surface area (TPSA) is 144 Å². The second kappa shape index (κ2) is 9.74. The number of hydrogen-bond acceptors (Lipinski definition) is 9. The highest BCUT2D eigenvalue weighted by molar-refractivity contribution is 7.10.